The Hall–Kier alpha value is -2.04. The molecule has 5 heteroatoms. The molecule has 5 nitrogen and oxygen atoms in total. The van der Waals surface area contributed by atoms with E-state index in [0.29, 0.717) is 17.1 Å². The van der Waals surface area contributed by atoms with Gasteiger partial charge in [-0.2, -0.15) is 0 Å². The molecule has 1 aliphatic rings. The van der Waals surface area contributed by atoms with E-state index in [1.165, 1.54) is 32.1 Å². The van der Waals surface area contributed by atoms with Gasteiger partial charge in [0, 0.05) is 11.7 Å². The fourth-order valence-electron chi connectivity index (χ4n) is 2.69. The number of hydrogen-bond donors (Lipinski definition) is 3. The maximum Gasteiger partial charge on any atom is 0.314 e. The molecule has 3 N–H and O–H groups in total. The van der Waals surface area contributed by atoms with Gasteiger partial charge in [-0.25, -0.2) is 0 Å². The Kier molecular flexibility index (Phi) is 3.11. The third-order valence-corrected chi connectivity index (χ3v) is 3.70. The fraction of sp³-hybridized carbons (Fsp3) is 0.429. The molecule has 19 heavy (non-hydrogen) atoms. The topological polar surface area (TPSA) is 77.8 Å². The molecule has 3 rings (SSSR count). The van der Waals surface area contributed by atoms with Gasteiger partial charge in [0.05, 0.1) is 11.0 Å². The van der Waals surface area contributed by atoms with Gasteiger partial charge in [-0.05, 0) is 31.0 Å². The molecule has 0 atom stereocenters. The first-order valence-corrected chi connectivity index (χ1v) is 6.75. The summed E-state index contributed by atoms with van der Waals surface area (Å²) in [5.74, 6) is 0. The number of anilines is 1. The Labute approximate surface area is 110 Å². The number of H-pyrrole nitrogens is 2. The summed E-state index contributed by atoms with van der Waals surface area (Å²) in [5, 5.41) is 3.49. The van der Waals surface area contributed by atoms with Crippen molar-refractivity contribution in [1.82, 2.24) is 9.97 Å². The van der Waals surface area contributed by atoms with E-state index in [2.05, 4.69) is 15.3 Å². The van der Waals surface area contributed by atoms with E-state index in [0.717, 1.165) is 5.69 Å². The first-order valence-electron chi connectivity index (χ1n) is 6.75. The second-order valence-corrected chi connectivity index (χ2v) is 5.15. The number of aromatic nitrogens is 2. The lowest BCUT2D eigenvalue weighted by Crippen LogP contribution is -2.29. The van der Waals surface area contributed by atoms with Crippen LogP contribution < -0.4 is 16.4 Å². The summed E-state index contributed by atoms with van der Waals surface area (Å²) in [4.78, 5) is 27.7. The highest BCUT2D eigenvalue weighted by Crippen LogP contribution is 2.22. The smallest absolute Gasteiger partial charge is 0.314 e. The Morgan fingerprint density at radius 3 is 2.37 bits per heavy atom. The number of rotatable bonds is 2. The summed E-state index contributed by atoms with van der Waals surface area (Å²) in [7, 11) is 0. The molecule has 1 saturated carbocycles. The minimum atomic E-state index is -0.611. The van der Waals surface area contributed by atoms with Crippen LogP contribution in [0, 0.1) is 0 Å². The second-order valence-electron chi connectivity index (χ2n) is 5.15. The van der Waals surface area contributed by atoms with E-state index in [-0.39, 0.29) is 0 Å². The van der Waals surface area contributed by atoms with Gasteiger partial charge >= 0.3 is 11.1 Å². The van der Waals surface area contributed by atoms with Crippen molar-refractivity contribution in [1.29, 1.82) is 0 Å². The highest BCUT2D eigenvalue weighted by atomic mass is 16.2. The average Bonchev–Trinajstić information content (AvgIpc) is 2.42. The van der Waals surface area contributed by atoms with Gasteiger partial charge in [-0.15, -0.1) is 0 Å². The molecule has 1 aromatic carbocycles. The van der Waals surface area contributed by atoms with Gasteiger partial charge in [0.1, 0.15) is 0 Å². The molecule has 0 unspecified atom stereocenters. The quantitative estimate of drug-likeness (QED) is 0.721. The van der Waals surface area contributed by atoms with Gasteiger partial charge in [0.25, 0.3) is 0 Å². The van der Waals surface area contributed by atoms with E-state index >= 15 is 0 Å². The molecule has 0 amide bonds. The molecule has 0 saturated heterocycles. The van der Waals surface area contributed by atoms with Crippen LogP contribution in [-0.2, 0) is 0 Å². The largest absolute Gasteiger partial charge is 0.382 e. The fourth-order valence-corrected chi connectivity index (χ4v) is 2.69. The van der Waals surface area contributed by atoms with Crippen molar-refractivity contribution in [3.05, 3.63) is 38.9 Å². The van der Waals surface area contributed by atoms with E-state index in [1.54, 1.807) is 0 Å². The van der Waals surface area contributed by atoms with Crippen molar-refractivity contribution in [2.24, 2.45) is 0 Å². The predicted octanol–water partition coefficient (Wildman–Crippen LogP) is 1.96. The zero-order valence-electron chi connectivity index (χ0n) is 10.7. The molecule has 1 heterocycles. The Balaban J connectivity index is 1.90. The highest BCUT2D eigenvalue weighted by Gasteiger charge is 2.13. The molecular formula is C14H17N3O2. The summed E-state index contributed by atoms with van der Waals surface area (Å²) in [6.07, 6.45) is 6.26. The van der Waals surface area contributed by atoms with E-state index < -0.39 is 11.1 Å². The van der Waals surface area contributed by atoms with Crippen LogP contribution in [0.1, 0.15) is 32.1 Å². The van der Waals surface area contributed by atoms with Crippen molar-refractivity contribution >= 4 is 16.7 Å². The van der Waals surface area contributed by atoms with E-state index in [9.17, 15) is 9.59 Å². The number of nitrogens with one attached hydrogen (secondary N) is 3. The lowest BCUT2D eigenvalue weighted by Gasteiger charge is -2.23. The van der Waals surface area contributed by atoms with Crippen molar-refractivity contribution in [3.8, 4) is 0 Å². The van der Waals surface area contributed by atoms with Crippen LogP contribution in [0.5, 0.6) is 0 Å². The van der Waals surface area contributed by atoms with Gasteiger partial charge < -0.3 is 15.3 Å². The maximum absolute atomic E-state index is 11.3. The van der Waals surface area contributed by atoms with Crippen LogP contribution in [0.3, 0.4) is 0 Å². The minimum absolute atomic E-state index is 0.515. The first-order chi connectivity index (χ1) is 9.22. The molecule has 1 fully saturated rings. The van der Waals surface area contributed by atoms with Crippen LogP contribution in [0.4, 0.5) is 5.69 Å². The third-order valence-electron chi connectivity index (χ3n) is 3.70. The number of fused-ring (bicyclic) bond motifs is 1. The standard InChI is InChI=1S/C14H17N3O2/c18-13-14(19)17-12-8-10(6-7-11(12)16-13)15-9-4-2-1-3-5-9/h6-9,15H,1-5H2,(H,16,18)(H,17,19). The summed E-state index contributed by atoms with van der Waals surface area (Å²) in [5.41, 5.74) is 1.08. The van der Waals surface area contributed by atoms with Crippen molar-refractivity contribution in [2.45, 2.75) is 38.1 Å². The first kappa shape index (κ1) is 12.0. The van der Waals surface area contributed by atoms with Crippen LogP contribution >= 0.6 is 0 Å². The molecule has 1 aliphatic carbocycles. The molecule has 0 spiro atoms. The van der Waals surface area contributed by atoms with Crippen molar-refractivity contribution in [2.75, 3.05) is 5.32 Å². The zero-order chi connectivity index (χ0) is 13.2. The minimum Gasteiger partial charge on any atom is -0.382 e. The molecule has 100 valence electrons. The lowest BCUT2D eigenvalue weighted by molar-refractivity contribution is 0.463. The maximum atomic E-state index is 11.3. The molecule has 0 radical (unpaired) electrons. The Morgan fingerprint density at radius 2 is 1.63 bits per heavy atom. The SMILES string of the molecule is O=c1[nH]c2ccc(NC3CCCCC3)cc2[nH]c1=O. The zero-order valence-corrected chi connectivity index (χ0v) is 10.7. The van der Waals surface area contributed by atoms with Gasteiger partial charge in [-0.3, -0.25) is 9.59 Å². The number of benzene rings is 1. The van der Waals surface area contributed by atoms with Crippen LogP contribution in [0.25, 0.3) is 11.0 Å². The monoisotopic (exact) mass is 259 g/mol. The van der Waals surface area contributed by atoms with Crippen LogP contribution in [-0.4, -0.2) is 16.0 Å². The number of aromatic amines is 2. The summed E-state index contributed by atoms with van der Waals surface area (Å²) in [6.45, 7) is 0. The average molecular weight is 259 g/mol. The van der Waals surface area contributed by atoms with Crippen molar-refractivity contribution < 1.29 is 0 Å². The van der Waals surface area contributed by atoms with Gasteiger partial charge in [0.2, 0.25) is 0 Å². The van der Waals surface area contributed by atoms with Crippen LogP contribution in [0.15, 0.2) is 27.8 Å². The normalized spacial score (nSPS) is 16.6. The second kappa shape index (κ2) is 4.91. The summed E-state index contributed by atoms with van der Waals surface area (Å²) >= 11 is 0. The molecular weight excluding hydrogens is 242 g/mol. The third kappa shape index (κ3) is 2.54. The predicted molar refractivity (Wildman–Crippen MR) is 75.7 cm³/mol. The Bertz CT molecular complexity index is 696. The van der Waals surface area contributed by atoms with Gasteiger partial charge in [-0.1, -0.05) is 19.3 Å². The van der Waals surface area contributed by atoms with Crippen molar-refractivity contribution in [3.63, 3.8) is 0 Å². The molecule has 0 aliphatic heterocycles. The van der Waals surface area contributed by atoms with Gasteiger partial charge in [0.15, 0.2) is 0 Å². The van der Waals surface area contributed by atoms with E-state index in [4.69, 9.17) is 0 Å². The molecule has 1 aromatic heterocycles. The lowest BCUT2D eigenvalue weighted by atomic mass is 9.95. The Morgan fingerprint density at radius 1 is 0.947 bits per heavy atom. The summed E-state index contributed by atoms with van der Waals surface area (Å²) < 4.78 is 0. The highest BCUT2D eigenvalue weighted by molar-refractivity contribution is 5.78. The molecule has 2 aromatic rings. The van der Waals surface area contributed by atoms with E-state index in [1.807, 2.05) is 18.2 Å². The number of hydrogen-bond acceptors (Lipinski definition) is 3. The van der Waals surface area contributed by atoms with Crippen LogP contribution in [0.2, 0.25) is 0 Å². The molecule has 0 bridgehead atoms. The summed E-state index contributed by atoms with van der Waals surface area (Å²) in [6, 6.07) is 6.14.